The summed E-state index contributed by atoms with van der Waals surface area (Å²) in [6.45, 7) is 1.71. The quantitative estimate of drug-likeness (QED) is 0.360. The lowest BCUT2D eigenvalue weighted by Crippen LogP contribution is -2.13. The van der Waals surface area contributed by atoms with Gasteiger partial charge in [-0.05, 0) is 67.1 Å². The van der Waals surface area contributed by atoms with E-state index in [-0.39, 0.29) is 36.5 Å². The predicted molar refractivity (Wildman–Crippen MR) is 133 cm³/mol. The van der Waals surface area contributed by atoms with Gasteiger partial charge in [0.25, 0.3) is 5.91 Å². The van der Waals surface area contributed by atoms with E-state index in [4.69, 9.17) is 4.98 Å². The van der Waals surface area contributed by atoms with E-state index in [0.717, 1.165) is 11.1 Å². The van der Waals surface area contributed by atoms with E-state index in [1.807, 2.05) is 12.1 Å². The third kappa shape index (κ3) is 4.73. The summed E-state index contributed by atoms with van der Waals surface area (Å²) in [5.41, 5.74) is 4.49. The van der Waals surface area contributed by atoms with Gasteiger partial charge in [-0.25, -0.2) is 18.9 Å². The van der Waals surface area contributed by atoms with Crippen LogP contribution in [-0.4, -0.2) is 30.5 Å². The second-order valence-corrected chi connectivity index (χ2v) is 7.19. The summed E-state index contributed by atoms with van der Waals surface area (Å²) in [6.07, 6.45) is 6.37. The lowest BCUT2D eigenvalue weighted by Gasteiger charge is -2.09. The van der Waals surface area contributed by atoms with Gasteiger partial charge in [0.15, 0.2) is 5.65 Å². The Morgan fingerprint density at radius 3 is 2.56 bits per heavy atom. The van der Waals surface area contributed by atoms with E-state index in [9.17, 15) is 9.18 Å². The minimum atomic E-state index is -0.312. The number of nitrogens with one attached hydrogen (secondary N) is 1. The SMILES string of the molecule is Cc1cc(-c2nc3cccnn3c2-c2ccnc(NC(=O)c3cccnc3)c2)ccc1F.Cl.Cl. The number of hydrogen-bond donors (Lipinski definition) is 1. The number of benzene rings is 1. The topological polar surface area (TPSA) is 85.1 Å². The molecule has 1 aromatic carbocycles. The number of halogens is 3. The number of aromatic nitrogens is 5. The third-order valence-corrected chi connectivity index (χ3v) is 5.02. The second kappa shape index (κ2) is 10.4. The van der Waals surface area contributed by atoms with Gasteiger partial charge in [0.1, 0.15) is 17.3 Å². The maximum atomic E-state index is 13.9. The van der Waals surface area contributed by atoms with Crippen LogP contribution in [0, 0.1) is 12.7 Å². The van der Waals surface area contributed by atoms with Crippen molar-refractivity contribution in [1.82, 2.24) is 24.6 Å². The van der Waals surface area contributed by atoms with Crippen molar-refractivity contribution in [2.45, 2.75) is 6.92 Å². The number of rotatable bonds is 4. The number of carbonyl (C=O) groups is 1. The monoisotopic (exact) mass is 496 g/mol. The molecule has 0 unspecified atom stereocenters. The molecule has 1 amide bonds. The average molecular weight is 497 g/mol. The zero-order valence-electron chi connectivity index (χ0n) is 17.8. The summed E-state index contributed by atoms with van der Waals surface area (Å²) >= 11 is 0. The molecule has 0 fully saturated rings. The van der Waals surface area contributed by atoms with Crippen LogP contribution in [0.5, 0.6) is 0 Å². The van der Waals surface area contributed by atoms with Crippen LogP contribution in [0.15, 0.2) is 79.4 Å². The van der Waals surface area contributed by atoms with E-state index in [1.54, 1.807) is 66.4 Å². The molecule has 7 nitrogen and oxygen atoms in total. The molecule has 0 bridgehead atoms. The maximum Gasteiger partial charge on any atom is 0.258 e. The number of imidazole rings is 1. The van der Waals surface area contributed by atoms with Gasteiger partial charge in [0.2, 0.25) is 0 Å². The van der Waals surface area contributed by atoms with E-state index in [0.29, 0.717) is 34.0 Å². The van der Waals surface area contributed by atoms with Gasteiger partial charge in [0, 0.05) is 35.9 Å². The number of nitrogens with zero attached hydrogens (tertiary/aromatic N) is 5. The van der Waals surface area contributed by atoms with Gasteiger partial charge < -0.3 is 5.32 Å². The van der Waals surface area contributed by atoms with E-state index >= 15 is 0 Å². The molecule has 0 aliphatic carbocycles. The summed E-state index contributed by atoms with van der Waals surface area (Å²) in [4.78, 5) is 25.5. The normalized spacial score (nSPS) is 10.3. The number of anilines is 1. The molecule has 172 valence electrons. The molecule has 0 spiro atoms. The molecule has 4 heterocycles. The van der Waals surface area contributed by atoms with Crippen LogP contribution in [0.2, 0.25) is 0 Å². The maximum absolute atomic E-state index is 13.9. The molecule has 0 aliphatic heterocycles. The van der Waals surface area contributed by atoms with Gasteiger partial charge in [-0.2, -0.15) is 5.10 Å². The van der Waals surface area contributed by atoms with Gasteiger partial charge in [0.05, 0.1) is 11.3 Å². The van der Waals surface area contributed by atoms with Crippen molar-refractivity contribution in [3.63, 3.8) is 0 Å². The molecule has 0 aliphatic rings. The van der Waals surface area contributed by atoms with Crippen LogP contribution in [0.25, 0.3) is 28.2 Å². The van der Waals surface area contributed by atoms with Crippen LogP contribution >= 0.6 is 24.8 Å². The Morgan fingerprint density at radius 2 is 1.79 bits per heavy atom. The molecular weight excluding hydrogens is 478 g/mol. The highest BCUT2D eigenvalue weighted by atomic mass is 35.5. The highest BCUT2D eigenvalue weighted by molar-refractivity contribution is 6.03. The summed E-state index contributed by atoms with van der Waals surface area (Å²) in [6, 6.07) is 15.5. The first-order chi connectivity index (χ1) is 15.6. The van der Waals surface area contributed by atoms with Gasteiger partial charge >= 0.3 is 0 Å². The molecule has 10 heteroatoms. The molecule has 0 atom stereocenters. The Hall–Kier alpha value is -3.88. The van der Waals surface area contributed by atoms with Crippen molar-refractivity contribution in [1.29, 1.82) is 0 Å². The fourth-order valence-electron chi connectivity index (χ4n) is 3.47. The van der Waals surface area contributed by atoms with Crippen molar-refractivity contribution >= 4 is 42.2 Å². The first-order valence-electron chi connectivity index (χ1n) is 9.88. The Bertz CT molecular complexity index is 1460. The summed E-state index contributed by atoms with van der Waals surface area (Å²) in [5, 5.41) is 7.24. The Morgan fingerprint density at radius 1 is 0.971 bits per heavy atom. The Kier molecular flexibility index (Phi) is 7.55. The van der Waals surface area contributed by atoms with Crippen LogP contribution in [0.1, 0.15) is 15.9 Å². The standard InChI is InChI=1S/C24H17FN6O.2ClH/c1-15-12-16(6-7-19(15)25)22-23(31-21(30-22)5-3-10-28-31)17-8-11-27-20(13-17)29-24(32)18-4-2-9-26-14-18;;/h2-14H,1H3,(H,27,29,32);2*1H. The number of aryl methyl sites for hydroxylation is 1. The number of hydrogen-bond acceptors (Lipinski definition) is 5. The first kappa shape index (κ1) is 24.8. The molecule has 5 rings (SSSR count). The fraction of sp³-hybridized carbons (Fsp3) is 0.0417. The van der Waals surface area contributed by atoms with Gasteiger partial charge in [-0.3, -0.25) is 9.78 Å². The van der Waals surface area contributed by atoms with E-state index in [2.05, 4.69) is 20.4 Å². The molecule has 0 radical (unpaired) electrons. The van der Waals surface area contributed by atoms with Crippen LogP contribution in [0.3, 0.4) is 0 Å². The van der Waals surface area contributed by atoms with Crippen LogP contribution in [0.4, 0.5) is 10.2 Å². The fourth-order valence-corrected chi connectivity index (χ4v) is 3.47. The summed E-state index contributed by atoms with van der Waals surface area (Å²) < 4.78 is 15.6. The zero-order valence-corrected chi connectivity index (χ0v) is 19.5. The molecule has 34 heavy (non-hydrogen) atoms. The Balaban J connectivity index is 0.00000162. The number of fused-ring (bicyclic) bond motifs is 1. The van der Waals surface area contributed by atoms with Crippen molar-refractivity contribution in [3.05, 3.63) is 96.3 Å². The summed E-state index contributed by atoms with van der Waals surface area (Å²) in [5.74, 6) is -0.210. The molecule has 1 N–H and O–H groups in total. The first-order valence-corrected chi connectivity index (χ1v) is 9.88. The molecule has 4 aromatic heterocycles. The highest BCUT2D eigenvalue weighted by Gasteiger charge is 2.18. The van der Waals surface area contributed by atoms with Gasteiger partial charge in [-0.1, -0.05) is 0 Å². The summed E-state index contributed by atoms with van der Waals surface area (Å²) in [7, 11) is 0. The molecule has 0 saturated carbocycles. The van der Waals surface area contributed by atoms with E-state index < -0.39 is 0 Å². The largest absolute Gasteiger partial charge is 0.306 e. The molecule has 0 saturated heterocycles. The smallest absolute Gasteiger partial charge is 0.258 e. The van der Waals surface area contributed by atoms with Crippen molar-refractivity contribution in [2.24, 2.45) is 0 Å². The van der Waals surface area contributed by atoms with E-state index in [1.165, 1.54) is 12.3 Å². The molecule has 5 aromatic rings. The lowest BCUT2D eigenvalue weighted by molar-refractivity contribution is 0.102. The number of carbonyl (C=O) groups excluding carboxylic acids is 1. The second-order valence-electron chi connectivity index (χ2n) is 7.19. The molecular formula is C24H19Cl2FN6O. The number of pyridine rings is 2. The average Bonchev–Trinajstić information content (AvgIpc) is 3.21. The van der Waals surface area contributed by atoms with Crippen molar-refractivity contribution < 1.29 is 9.18 Å². The van der Waals surface area contributed by atoms with Gasteiger partial charge in [-0.15, -0.1) is 24.8 Å². The minimum Gasteiger partial charge on any atom is -0.306 e. The highest BCUT2D eigenvalue weighted by Crippen LogP contribution is 2.33. The lowest BCUT2D eigenvalue weighted by atomic mass is 10.0. The number of amides is 1. The predicted octanol–water partition coefficient (Wildman–Crippen LogP) is 5.40. The van der Waals surface area contributed by atoms with Crippen LogP contribution in [-0.2, 0) is 0 Å². The third-order valence-electron chi connectivity index (χ3n) is 5.02. The van der Waals surface area contributed by atoms with Crippen molar-refractivity contribution in [3.8, 4) is 22.5 Å². The van der Waals surface area contributed by atoms with Crippen molar-refractivity contribution in [2.75, 3.05) is 5.32 Å². The zero-order chi connectivity index (χ0) is 22.1. The Labute approximate surface area is 206 Å². The minimum absolute atomic E-state index is 0. The van der Waals surface area contributed by atoms with Crippen LogP contribution < -0.4 is 5.32 Å².